The summed E-state index contributed by atoms with van der Waals surface area (Å²) in [4.78, 5) is 20.8. The highest BCUT2D eigenvalue weighted by molar-refractivity contribution is 8.06. The van der Waals surface area contributed by atoms with Gasteiger partial charge in [-0.15, -0.1) is 0 Å². The fourth-order valence-electron chi connectivity index (χ4n) is 3.19. The fraction of sp³-hybridized carbons (Fsp3) is 0.500. The summed E-state index contributed by atoms with van der Waals surface area (Å²) in [7, 11) is 2.04. The van der Waals surface area contributed by atoms with Crippen LogP contribution in [-0.4, -0.2) is 24.0 Å². The van der Waals surface area contributed by atoms with Crippen LogP contribution in [0.2, 0.25) is 0 Å². The van der Waals surface area contributed by atoms with Gasteiger partial charge in [0.2, 0.25) is 0 Å². The number of rotatable bonds is 7. The third-order valence-corrected chi connectivity index (χ3v) is 5.77. The summed E-state index contributed by atoms with van der Waals surface area (Å²) in [6, 6.07) is 2.38. The van der Waals surface area contributed by atoms with Crippen molar-refractivity contribution in [1.29, 1.82) is 0 Å². The van der Waals surface area contributed by atoms with Crippen LogP contribution < -0.4 is 10.2 Å². The van der Waals surface area contributed by atoms with Crippen molar-refractivity contribution in [2.24, 2.45) is 0 Å². The summed E-state index contributed by atoms with van der Waals surface area (Å²) in [5.74, 6) is 0.620. The number of amides is 1. The molecule has 1 heterocycles. The molecule has 0 saturated heterocycles. The van der Waals surface area contributed by atoms with Gasteiger partial charge in [-0.25, -0.2) is 4.98 Å². The van der Waals surface area contributed by atoms with Crippen LogP contribution in [0.25, 0.3) is 0 Å². The molecule has 1 aliphatic rings. The van der Waals surface area contributed by atoms with Gasteiger partial charge in [-0.1, -0.05) is 44.2 Å². The van der Waals surface area contributed by atoms with Crippen molar-refractivity contribution in [2.45, 2.75) is 58.9 Å². The van der Waals surface area contributed by atoms with Gasteiger partial charge in [-0.3, -0.25) is 4.79 Å². The largest absolute Gasteiger partial charge is 0.356 e. The molecule has 2 rings (SSSR count). The van der Waals surface area contributed by atoms with Gasteiger partial charge in [-0.2, -0.15) is 0 Å². The Morgan fingerprint density at radius 2 is 2.16 bits per heavy atom. The molecule has 1 amide bonds. The number of hydrogen-bond acceptors (Lipinski definition) is 4. The van der Waals surface area contributed by atoms with E-state index in [2.05, 4.69) is 34.8 Å². The lowest BCUT2D eigenvalue weighted by Gasteiger charge is -2.27. The van der Waals surface area contributed by atoms with Crippen molar-refractivity contribution in [3.05, 3.63) is 46.0 Å². The van der Waals surface area contributed by atoms with E-state index in [1.165, 1.54) is 29.5 Å². The van der Waals surface area contributed by atoms with E-state index in [9.17, 15) is 4.79 Å². The van der Waals surface area contributed by atoms with E-state index in [4.69, 9.17) is 0 Å². The van der Waals surface area contributed by atoms with E-state index in [0.717, 1.165) is 30.6 Å². The molecule has 0 unspecified atom stereocenters. The average Bonchev–Trinajstić information content (AvgIpc) is 3.13. The second kappa shape index (κ2) is 9.09. The Bertz CT molecular complexity index is 663. The van der Waals surface area contributed by atoms with E-state index >= 15 is 0 Å². The van der Waals surface area contributed by atoms with Crippen LogP contribution in [0.5, 0.6) is 0 Å². The van der Waals surface area contributed by atoms with E-state index in [1.54, 1.807) is 0 Å². The van der Waals surface area contributed by atoms with Crippen LogP contribution in [0.1, 0.15) is 61.9 Å². The fourth-order valence-corrected chi connectivity index (χ4v) is 3.91. The third-order valence-electron chi connectivity index (χ3n) is 4.63. The van der Waals surface area contributed by atoms with Gasteiger partial charge in [-0.05, 0) is 49.6 Å². The van der Waals surface area contributed by atoms with Crippen LogP contribution in [0.3, 0.4) is 0 Å². The number of aromatic nitrogens is 1. The molecule has 1 saturated carbocycles. The molecule has 1 aliphatic carbocycles. The molecule has 1 aromatic rings. The minimum absolute atomic E-state index is 0.139. The first-order chi connectivity index (χ1) is 12.0. The number of nitrogens with one attached hydrogen (secondary N) is 1. The van der Waals surface area contributed by atoms with Crippen molar-refractivity contribution in [1.82, 2.24) is 10.3 Å². The van der Waals surface area contributed by atoms with Crippen LogP contribution in [0.4, 0.5) is 5.82 Å². The lowest BCUT2D eigenvalue weighted by atomic mass is 10.1. The number of pyridine rings is 1. The Balaban J connectivity index is 2.17. The topological polar surface area (TPSA) is 45.2 Å². The first-order valence-corrected chi connectivity index (χ1v) is 9.80. The molecule has 0 spiro atoms. The Hall–Kier alpha value is -1.75. The number of nitrogens with zero attached hydrogens (tertiary/aromatic N) is 2. The lowest BCUT2D eigenvalue weighted by molar-refractivity contribution is 0.0969. The van der Waals surface area contributed by atoms with Crippen molar-refractivity contribution in [2.75, 3.05) is 11.9 Å². The first kappa shape index (κ1) is 19.6. The molecule has 1 aromatic heterocycles. The highest BCUT2D eigenvalue weighted by Gasteiger charge is 2.25. The normalized spacial score (nSPS) is 15.3. The van der Waals surface area contributed by atoms with Crippen LogP contribution >= 0.6 is 11.8 Å². The summed E-state index contributed by atoms with van der Waals surface area (Å²) in [5.41, 5.74) is 1.60. The minimum Gasteiger partial charge on any atom is -0.356 e. The summed E-state index contributed by atoms with van der Waals surface area (Å²) in [6.45, 7) is 10.0. The maximum Gasteiger partial charge on any atom is 0.259 e. The molecule has 25 heavy (non-hydrogen) atoms. The van der Waals surface area contributed by atoms with Gasteiger partial charge in [0.25, 0.3) is 5.91 Å². The smallest absolute Gasteiger partial charge is 0.259 e. The number of thioether (sulfide) groups is 1. The van der Waals surface area contributed by atoms with E-state index in [1.807, 2.05) is 33.2 Å². The predicted octanol–water partition coefficient (Wildman–Crippen LogP) is 5.02. The number of hydrogen-bond donors (Lipinski definition) is 1. The third kappa shape index (κ3) is 5.11. The monoisotopic (exact) mass is 359 g/mol. The zero-order valence-electron chi connectivity index (χ0n) is 15.8. The molecule has 4 nitrogen and oxygen atoms in total. The predicted molar refractivity (Wildman–Crippen MR) is 108 cm³/mol. The highest BCUT2D eigenvalue weighted by Crippen LogP contribution is 2.29. The molecular weight excluding hydrogens is 330 g/mol. The first-order valence-electron chi connectivity index (χ1n) is 8.99. The minimum atomic E-state index is -0.139. The van der Waals surface area contributed by atoms with Gasteiger partial charge in [0.15, 0.2) is 0 Å². The highest BCUT2D eigenvalue weighted by atomic mass is 32.2. The Morgan fingerprint density at radius 1 is 1.48 bits per heavy atom. The standard InChI is InChI=1S/C20H29N3OS/c1-6-17(7-2)25-15(4)22-20(24)18-12-14(3)13-21-19(18)23(5)16-10-8-9-11-16/h6,12-13,16H,4,7-11H2,1-3,5H3,(H,22,24)/b17-6-. The second-order valence-corrected chi connectivity index (χ2v) is 7.74. The lowest BCUT2D eigenvalue weighted by Crippen LogP contribution is -2.33. The number of aryl methyl sites for hydroxylation is 1. The van der Waals surface area contributed by atoms with Gasteiger partial charge < -0.3 is 10.2 Å². The van der Waals surface area contributed by atoms with Crippen molar-refractivity contribution in [3.63, 3.8) is 0 Å². The van der Waals surface area contributed by atoms with Crippen LogP contribution in [0, 0.1) is 6.92 Å². The maximum absolute atomic E-state index is 12.8. The molecule has 0 aliphatic heterocycles. The Kier molecular flexibility index (Phi) is 7.12. The average molecular weight is 360 g/mol. The van der Waals surface area contributed by atoms with Crippen molar-refractivity contribution >= 4 is 23.5 Å². The number of allylic oxidation sites excluding steroid dienone is 2. The summed E-state index contributed by atoms with van der Waals surface area (Å²) >= 11 is 1.51. The molecule has 5 heteroatoms. The van der Waals surface area contributed by atoms with Crippen LogP contribution in [-0.2, 0) is 0 Å². The van der Waals surface area contributed by atoms with E-state index in [-0.39, 0.29) is 5.91 Å². The summed E-state index contributed by atoms with van der Waals surface area (Å²) < 4.78 is 0. The van der Waals surface area contributed by atoms with Gasteiger partial charge in [0.1, 0.15) is 5.82 Å². The molecule has 1 fully saturated rings. The molecule has 0 aromatic carbocycles. The molecule has 0 radical (unpaired) electrons. The summed E-state index contributed by atoms with van der Waals surface area (Å²) in [6.07, 6.45) is 9.63. The van der Waals surface area contributed by atoms with Gasteiger partial charge >= 0.3 is 0 Å². The number of carbonyl (C=O) groups is 1. The maximum atomic E-state index is 12.8. The number of anilines is 1. The molecule has 0 atom stereocenters. The summed E-state index contributed by atoms with van der Waals surface area (Å²) in [5, 5.41) is 3.58. The van der Waals surface area contributed by atoms with E-state index in [0.29, 0.717) is 16.6 Å². The Morgan fingerprint density at radius 3 is 2.76 bits per heavy atom. The zero-order valence-corrected chi connectivity index (χ0v) is 16.6. The Labute approximate surface area is 155 Å². The van der Waals surface area contributed by atoms with E-state index < -0.39 is 0 Å². The van der Waals surface area contributed by atoms with Gasteiger partial charge in [0.05, 0.1) is 10.6 Å². The number of carbonyl (C=O) groups excluding carboxylic acids is 1. The molecule has 136 valence electrons. The van der Waals surface area contributed by atoms with Crippen molar-refractivity contribution < 1.29 is 4.79 Å². The second-order valence-electron chi connectivity index (χ2n) is 6.52. The van der Waals surface area contributed by atoms with Crippen molar-refractivity contribution in [3.8, 4) is 0 Å². The zero-order chi connectivity index (χ0) is 18.4. The SMILES string of the molecule is C=C(NC(=O)c1cc(C)cnc1N(C)C1CCCC1)S/C(=C\C)CC. The molecule has 0 bridgehead atoms. The van der Waals surface area contributed by atoms with Gasteiger partial charge in [0, 0.05) is 19.3 Å². The quantitative estimate of drug-likeness (QED) is 0.743. The molecular formula is C20H29N3OS. The molecule has 1 N–H and O–H groups in total. The van der Waals surface area contributed by atoms with Crippen LogP contribution in [0.15, 0.2) is 34.9 Å².